The van der Waals surface area contributed by atoms with Gasteiger partial charge in [-0.05, 0) is 17.7 Å². The Morgan fingerprint density at radius 3 is 2.36 bits per heavy atom. The quantitative estimate of drug-likeness (QED) is 0.681. The van der Waals surface area contributed by atoms with Crippen LogP contribution in [0, 0.1) is 0 Å². The van der Waals surface area contributed by atoms with Crippen molar-refractivity contribution >= 4 is 17.1 Å². The lowest BCUT2D eigenvalue weighted by molar-refractivity contribution is -0.146. The van der Waals surface area contributed by atoms with Gasteiger partial charge in [-0.15, -0.1) is 0 Å². The van der Waals surface area contributed by atoms with E-state index in [1.807, 2.05) is 30.3 Å². The number of allylic oxidation sites excluding steroid dienone is 1. The van der Waals surface area contributed by atoms with Crippen LogP contribution in [0.15, 0.2) is 60.7 Å². The van der Waals surface area contributed by atoms with Crippen molar-refractivity contribution in [1.29, 1.82) is 0 Å². The van der Waals surface area contributed by atoms with Gasteiger partial charge in [0.2, 0.25) is 5.82 Å². The van der Waals surface area contributed by atoms with Gasteiger partial charge in [-0.3, -0.25) is 0 Å². The summed E-state index contributed by atoms with van der Waals surface area (Å²) in [5.74, 6) is -0.869. The van der Waals surface area contributed by atoms with Crippen LogP contribution in [0.2, 0.25) is 0 Å². The number of para-hydroxylation sites is 2. The highest BCUT2D eigenvalue weighted by atomic mass is 19.4. The molecule has 0 saturated carbocycles. The van der Waals surface area contributed by atoms with E-state index >= 15 is 0 Å². The second-order valence-corrected chi connectivity index (χ2v) is 4.85. The van der Waals surface area contributed by atoms with Gasteiger partial charge in [0.15, 0.2) is 0 Å². The standard InChI is InChI=1S/C17H13F3N2/c18-17(19,20)16-21-14-10-4-5-11-15(14)22(16)12-6-9-13-7-2-1-3-8-13/h1-11H,12H2/b9-6+. The monoisotopic (exact) mass is 302 g/mol. The van der Waals surface area contributed by atoms with Gasteiger partial charge >= 0.3 is 6.18 Å². The van der Waals surface area contributed by atoms with Crippen LogP contribution in [0.4, 0.5) is 13.2 Å². The minimum Gasteiger partial charge on any atom is -0.316 e. The maximum atomic E-state index is 13.1. The Labute approximate surface area is 125 Å². The second kappa shape index (κ2) is 5.67. The number of halogens is 3. The molecule has 0 atom stereocenters. The van der Waals surface area contributed by atoms with Gasteiger partial charge in [-0.1, -0.05) is 54.6 Å². The molecule has 0 radical (unpaired) electrons. The van der Waals surface area contributed by atoms with Crippen molar-refractivity contribution in [2.45, 2.75) is 12.7 Å². The van der Waals surface area contributed by atoms with E-state index in [2.05, 4.69) is 4.98 Å². The van der Waals surface area contributed by atoms with Crippen LogP contribution in [-0.2, 0) is 12.7 Å². The van der Waals surface area contributed by atoms with E-state index in [0.717, 1.165) is 5.56 Å². The van der Waals surface area contributed by atoms with Crippen molar-refractivity contribution in [1.82, 2.24) is 9.55 Å². The normalized spacial score (nSPS) is 12.3. The third-order valence-electron chi connectivity index (χ3n) is 3.31. The number of fused-ring (bicyclic) bond motifs is 1. The molecule has 3 aromatic rings. The first-order valence-corrected chi connectivity index (χ1v) is 6.80. The Hall–Kier alpha value is -2.56. The van der Waals surface area contributed by atoms with Gasteiger partial charge in [-0.25, -0.2) is 4.98 Å². The molecule has 0 fully saturated rings. The second-order valence-electron chi connectivity index (χ2n) is 4.85. The van der Waals surface area contributed by atoms with Gasteiger partial charge in [0.25, 0.3) is 0 Å². The van der Waals surface area contributed by atoms with E-state index in [1.165, 1.54) is 4.57 Å². The summed E-state index contributed by atoms with van der Waals surface area (Å²) in [6.07, 6.45) is -0.965. The molecule has 2 aromatic carbocycles. The first-order chi connectivity index (χ1) is 10.6. The molecule has 0 amide bonds. The largest absolute Gasteiger partial charge is 0.449 e. The zero-order chi connectivity index (χ0) is 15.6. The summed E-state index contributed by atoms with van der Waals surface area (Å²) in [6.45, 7) is 0.115. The van der Waals surface area contributed by atoms with Crippen LogP contribution < -0.4 is 0 Å². The molecule has 0 aliphatic carbocycles. The van der Waals surface area contributed by atoms with E-state index < -0.39 is 12.0 Å². The number of aromatic nitrogens is 2. The zero-order valence-corrected chi connectivity index (χ0v) is 11.6. The van der Waals surface area contributed by atoms with E-state index in [4.69, 9.17) is 0 Å². The Morgan fingerprint density at radius 2 is 1.64 bits per heavy atom. The van der Waals surface area contributed by atoms with Crippen molar-refractivity contribution < 1.29 is 13.2 Å². The topological polar surface area (TPSA) is 17.8 Å². The zero-order valence-electron chi connectivity index (χ0n) is 11.6. The minimum atomic E-state index is -4.47. The Balaban J connectivity index is 1.97. The van der Waals surface area contributed by atoms with E-state index in [9.17, 15) is 13.2 Å². The number of alkyl halides is 3. The van der Waals surface area contributed by atoms with Crippen molar-refractivity contribution in [2.24, 2.45) is 0 Å². The molecular formula is C17H13F3N2. The average Bonchev–Trinajstić information content (AvgIpc) is 2.88. The predicted octanol–water partition coefficient (Wildman–Crippen LogP) is 4.77. The third-order valence-corrected chi connectivity index (χ3v) is 3.31. The molecule has 2 nitrogen and oxygen atoms in total. The molecule has 0 N–H and O–H groups in total. The first-order valence-electron chi connectivity index (χ1n) is 6.80. The summed E-state index contributed by atoms with van der Waals surface area (Å²) in [4.78, 5) is 3.71. The van der Waals surface area contributed by atoms with Crippen molar-refractivity contribution in [3.05, 3.63) is 72.1 Å². The van der Waals surface area contributed by atoms with Gasteiger partial charge < -0.3 is 4.57 Å². The summed E-state index contributed by atoms with van der Waals surface area (Å²) in [5.41, 5.74) is 1.77. The van der Waals surface area contributed by atoms with E-state index in [1.54, 1.807) is 36.4 Å². The molecular weight excluding hydrogens is 289 g/mol. The minimum absolute atomic E-state index is 0.115. The van der Waals surface area contributed by atoms with Crippen molar-refractivity contribution in [3.8, 4) is 0 Å². The molecule has 0 aliphatic heterocycles. The Kier molecular flexibility index (Phi) is 3.71. The molecule has 0 bridgehead atoms. The number of imidazole rings is 1. The molecule has 22 heavy (non-hydrogen) atoms. The molecule has 0 aliphatic rings. The lowest BCUT2D eigenvalue weighted by Crippen LogP contribution is -2.14. The molecule has 0 unspecified atom stereocenters. The lowest BCUT2D eigenvalue weighted by Gasteiger charge is -2.09. The molecule has 0 saturated heterocycles. The third kappa shape index (κ3) is 2.88. The smallest absolute Gasteiger partial charge is 0.316 e. The number of hydrogen-bond acceptors (Lipinski definition) is 1. The number of hydrogen-bond donors (Lipinski definition) is 0. The highest BCUT2D eigenvalue weighted by Crippen LogP contribution is 2.31. The molecule has 0 spiro atoms. The average molecular weight is 302 g/mol. The molecule has 1 aromatic heterocycles. The van der Waals surface area contributed by atoms with Crippen molar-refractivity contribution in [3.63, 3.8) is 0 Å². The highest BCUT2D eigenvalue weighted by Gasteiger charge is 2.37. The van der Waals surface area contributed by atoms with Crippen LogP contribution in [0.1, 0.15) is 11.4 Å². The summed E-state index contributed by atoms with van der Waals surface area (Å²) < 4.78 is 40.6. The summed E-state index contributed by atoms with van der Waals surface area (Å²) >= 11 is 0. The molecule has 3 rings (SSSR count). The van der Waals surface area contributed by atoms with Crippen LogP contribution in [-0.4, -0.2) is 9.55 Å². The summed E-state index contributed by atoms with van der Waals surface area (Å²) in [7, 11) is 0. The van der Waals surface area contributed by atoms with Crippen LogP contribution in [0.25, 0.3) is 17.1 Å². The maximum absolute atomic E-state index is 13.1. The van der Waals surface area contributed by atoms with E-state index in [0.29, 0.717) is 11.0 Å². The SMILES string of the molecule is FC(F)(F)c1nc2ccccc2n1C/C=C/c1ccccc1. The van der Waals surface area contributed by atoms with Gasteiger partial charge in [-0.2, -0.15) is 13.2 Å². The molecule has 5 heteroatoms. The highest BCUT2D eigenvalue weighted by molar-refractivity contribution is 5.76. The fraction of sp³-hybridized carbons (Fsp3) is 0.118. The van der Waals surface area contributed by atoms with Gasteiger partial charge in [0.1, 0.15) is 0 Å². The Bertz CT molecular complexity index is 802. The van der Waals surface area contributed by atoms with Gasteiger partial charge in [0, 0.05) is 6.54 Å². The predicted molar refractivity (Wildman–Crippen MR) is 80.2 cm³/mol. The Morgan fingerprint density at radius 1 is 0.955 bits per heavy atom. The number of rotatable bonds is 3. The maximum Gasteiger partial charge on any atom is 0.449 e. The molecule has 112 valence electrons. The van der Waals surface area contributed by atoms with Crippen LogP contribution in [0.5, 0.6) is 0 Å². The van der Waals surface area contributed by atoms with Crippen LogP contribution >= 0.6 is 0 Å². The summed E-state index contributed by atoms with van der Waals surface area (Å²) in [6, 6.07) is 16.1. The number of benzene rings is 2. The number of nitrogens with zero attached hydrogens (tertiary/aromatic N) is 2. The van der Waals surface area contributed by atoms with E-state index in [-0.39, 0.29) is 6.54 Å². The fourth-order valence-electron chi connectivity index (χ4n) is 2.34. The first kappa shape index (κ1) is 14.4. The lowest BCUT2D eigenvalue weighted by atomic mass is 10.2. The summed E-state index contributed by atoms with van der Waals surface area (Å²) in [5, 5.41) is 0. The molecule has 1 heterocycles. The van der Waals surface area contributed by atoms with Crippen molar-refractivity contribution in [2.75, 3.05) is 0 Å². The van der Waals surface area contributed by atoms with Crippen LogP contribution in [0.3, 0.4) is 0 Å². The fourth-order valence-corrected chi connectivity index (χ4v) is 2.34. The van der Waals surface area contributed by atoms with Gasteiger partial charge in [0.05, 0.1) is 11.0 Å².